The summed E-state index contributed by atoms with van der Waals surface area (Å²) in [5.41, 5.74) is 2.14. The van der Waals surface area contributed by atoms with Crippen LogP contribution in [0.3, 0.4) is 0 Å². The molecule has 0 aromatic carbocycles. The normalized spacial score (nSPS) is 12.7. The SMILES string of the molecule is Cc1nn(C)c(CC(O)c2ccncn2)c1Cl. The highest BCUT2D eigenvalue weighted by atomic mass is 35.5. The summed E-state index contributed by atoms with van der Waals surface area (Å²) in [6.45, 7) is 1.84. The van der Waals surface area contributed by atoms with E-state index in [-0.39, 0.29) is 0 Å². The van der Waals surface area contributed by atoms with Crippen LogP contribution in [0.2, 0.25) is 5.02 Å². The van der Waals surface area contributed by atoms with Crippen LogP contribution < -0.4 is 0 Å². The second-order valence-corrected chi connectivity index (χ2v) is 4.20. The number of aliphatic hydroxyl groups is 1. The lowest BCUT2D eigenvalue weighted by Gasteiger charge is -2.10. The van der Waals surface area contributed by atoms with Gasteiger partial charge in [-0.2, -0.15) is 5.10 Å². The molecule has 0 aliphatic rings. The fourth-order valence-electron chi connectivity index (χ4n) is 1.69. The van der Waals surface area contributed by atoms with Crippen molar-refractivity contribution < 1.29 is 5.11 Å². The molecule has 90 valence electrons. The lowest BCUT2D eigenvalue weighted by Crippen LogP contribution is -2.08. The highest BCUT2D eigenvalue weighted by Gasteiger charge is 2.17. The van der Waals surface area contributed by atoms with Crippen LogP contribution in [-0.2, 0) is 13.5 Å². The third-order valence-electron chi connectivity index (χ3n) is 2.59. The third kappa shape index (κ3) is 2.45. The van der Waals surface area contributed by atoms with Crippen LogP contribution in [0.15, 0.2) is 18.6 Å². The Morgan fingerprint density at radius 2 is 2.29 bits per heavy atom. The van der Waals surface area contributed by atoms with Gasteiger partial charge in [0.05, 0.1) is 22.1 Å². The van der Waals surface area contributed by atoms with Crippen LogP contribution in [0.1, 0.15) is 23.2 Å². The Bertz CT molecular complexity index is 512. The summed E-state index contributed by atoms with van der Waals surface area (Å²) >= 11 is 6.12. The van der Waals surface area contributed by atoms with Gasteiger partial charge in [-0.3, -0.25) is 4.68 Å². The van der Waals surface area contributed by atoms with Crippen LogP contribution in [-0.4, -0.2) is 24.9 Å². The monoisotopic (exact) mass is 252 g/mol. The topological polar surface area (TPSA) is 63.8 Å². The molecule has 6 heteroatoms. The predicted molar refractivity (Wildman–Crippen MR) is 63.7 cm³/mol. The summed E-state index contributed by atoms with van der Waals surface area (Å²) < 4.78 is 1.68. The maximum atomic E-state index is 10.0. The van der Waals surface area contributed by atoms with Crippen LogP contribution in [0.5, 0.6) is 0 Å². The van der Waals surface area contributed by atoms with E-state index in [9.17, 15) is 5.11 Å². The Balaban J connectivity index is 2.22. The number of halogens is 1. The van der Waals surface area contributed by atoms with E-state index in [1.54, 1.807) is 24.0 Å². The Labute approximate surface area is 104 Å². The summed E-state index contributed by atoms with van der Waals surface area (Å²) in [7, 11) is 1.81. The van der Waals surface area contributed by atoms with Gasteiger partial charge < -0.3 is 5.11 Å². The van der Waals surface area contributed by atoms with Crippen molar-refractivity contribution in [3.63, 3.8) is 0 Å². The summed E-state index contributed by atoms with van der Waals surface area (Å²) in [5.74, 6) is 0. The van der Waals surface area contributed by atoms with Crippen LogP contribution in [0.4, 0.5) is 0 Å². The number of aryl methyl sites for hydroxylation is 2. The molecule has 1 unspecified atom stereocenters. The first-order valence-electron chi connectivity index (χ1n) is 5.21. The first-order valence-corrected chi connectivity index (χ1v) is 5.59. The zero-order valence-electron chi connectivity index (χ0n) is 9.63. The van der Waals surface area contributed by atoms with Crippen molar-refractivity contribution in [2.45, 2.75) is 19.4 Å². The van der Waals surface area contributed by atoms with E-state index >= 15 is 0 Å². The molecule has 0 radical (unpaired) electrons. The molecule has 2 heterocycles. The minimum absolute atomic E-state index is 0.382. The molecule has 1 N–H and O–H groups in total. The fourth-order valence-corrected chi connectivity index (χ4v) is 1.92. The lowest BCUT2D eigenvalue weighted by atomic mass is 10.1. The summed E-state index contributed by atoms with van der Waals surface area (Å²) in [4.78, 5) is 7.82. The van der Waals surface area contributed by atoms with Crippen molar-refractivity contribution in [3.8, 4) is 0 Å². The van der Waals surface area contributed by atoms with Gasteiger partial charge in [-0.05, 0) is 13.0 Å². The smallest absolute Gasteiger partial charge is 0.115 e. The molecule has 17 heavy (non-hydrogen) atoms. The van der Waals surface area contributed by atoms with Gasteiger partial charge in [0.1, 0.15) is 12.4 Å². The van der Waals surface area contributed by atoms with Gasteiger partial charge in [0.2, 0.25) is 0 Å². The average Bonchev–Trinajstić information content (AvgIpc) is 2.57. The highest BCUT2D eigenvalue weighted by Crippen LogP contribution is 2.24. The predicted octanol–water partition coefficient (Wildman–Crippen LogP) is 1.45. The Hall–Kier alpha value is -1.46. The number of rotatable bonds is 3. The van der Waals surface area contributed by atoms with E-state index in [1.807, 2.05) is 6.92 Å². The molecule has 5 nitrogen and oxygen atoms in total. The van der Waals surface area contributed by atoms with E-state index in [2.05, 4.69) is 15.1 Å². The molecule has 2 aromatic heterocycles. The first kappa shape index (κ1) is 12.0. The van der Waals surface area contributed by atoms with E-state index in [1.165, 1.54) is 6.33 Å². The van der Waals surface area contributed by atoms with E-state index in [0.717, 1.165) is 11.4 Å². The molecular formula is C11H13ClN4O. The maximum Gasteiger partial charge on any atom is 0.115 e. The van der Waals surface area contributed by atoms with Crippen LogP contribution in [0, 0.1) is 6.92 Å². The number of aliphatic hydroxyl groups excluding tert-OH is 1. The number of aromatic nitrogens is 4. The Kier molecular flexibility index (Phi) is 3.40. The van der Waals surface area contributed by atoms with E-state index in [0.29, 0.717) is 17.1 Å². The van der Waals surface area contributed by atoms with Crippen molar-refractivity contribution in [1.29, 1.82) is 0 Å². The van der Waals surface area contributed by atoms with Crippen LogP contribution >= 0.6 is 11.6 Å². The number of hydrogen-bond donors (Lipinski definition) is 1. The number of nitrogens with zero attached hydrogens (tertiary/aromatic N) is 4. The van der Waals surface area contributed by atoms with Gasteiger partial charge in [-0.25, -0.2) is 9.97 Å². The molecule has 0 bridgehead atoms. The minimum atomic E-state index is -0.703. The fraction of sp³-hybridized carbons (Fsp3) is 0.364. The summed E-state index contributed by atoms with van der Waals surface area (Å²) in [5, 5.41) is 14.8. The molecule has 1 atom stereocenters. The highest BCUT2D eigenvalue weighted by molar-refractivity contribution is 6.31. The number of hydrogen-bond acceptors (Lipinski definition) is 4. The molecule has 0 saturated heterocycles. The molecule has 0 saturated carbocycles. The Morgan fingerprint density at radius 3 is 2.82 bits per heavy atom. The second kappa shape index (κ2) is 4.81. The second-order valence-electron chi connectivity index (χ2n) is 3.82. The van der Waals surface area contributed by atoms with E-state index in [4.69, 9.17) is 11.6 Å². The van der Waals surface area contributed by atoms with Crippen molar-refractivity contribution in [2.24, 2.45) is 7.05 Å². The maximum absolute atomic E-state index is 10.0. The standard InChI is InChI=1S/C11H13ClN4O/c1-7-11(12)9(16(2)15-7)5-10(17)8-3-4-13-6-14-8/h3-4,6,10,17H,5H2,1-2H3. The van der Waals surface area contributed by atoms with Crippen molar-refractivity contribution in [3.05, 3.63) is 40.7 Å². The van der Waals surface area contributed by atoms with Crippen LogP contribution in [0.25, 0.3) is 0 Å². The van der Waals surface area contributed by atoms with Gasteiger partial charge in [-0.15, -0.1) is 0 Å². The molecule has 0 spiro atoms. The van der Waals surface area contributed by atoms with Crippen molar-refractivity contribution >= 4 is 11.6 Å². The molecule has 2 aromatic rings. The minimum Gasteiger partial charge on any atom is -0.386 e. The van der Waals surface area contributed by atoms with Gasteiger partial charge in [0.25, 0.3) is 0 Å². The van der Waals surface area contributed by atoms with Crippen molar-refractivity contribution in [2.75, 3.05) is 0 Å². The zero-order chi connectivity index (χ0) is 12.4. The summed E-state index contributed by atoms with van der Waals surface area (Å²) in [6, 6.07) is 1.68. The van der Waals surface area contributed by atoms with Gasteiger partial charge >= 0.3 is 0 Å². The summed E-state index contributed by atoms with van der Waals surface area (Å²) in [6.07, 6.45) is 2.69. The van der Waals surface area contributed by atoms with Gasteiger partial charge in [0.15, 0.2) is 0 Å². The lowest BCUT2D eigenvalue weighted by molar-refractivity contribution is 0.171. The Morgan fingerprint density at radius 1 is 1.53 bits per heavy atom. The molecular weight excluding hydrogens is 240 g/mol. The van der Waals surface area contributed by atoms with Crippen molar-refractivity contribution in [1.82, 2.24) is 19.7 Å². The quantitative estimate of drug-likeness (QED) is 0.898. The molecule has 2 rings (SSSR count). The average molecular weight is 253 g/mol. The zero-order valence-corrected chi connectivity index (χ0v) is 10.4. The molecule has 0 aliphatic heterocycles. The molecule has 0 amide bonds. The molecule has 0 fully saturated rings. The van der Waals surface area contributed by atoms with Gasteiger partial charge in [-0.1, -0.05) is 11.6 Å². The van der Waals surface area contributed by atoms with Gasteiger partial charge in [0, 0.05) is 19.7 Å². The first-order chi connectivity index (χ1) is 8.09. The molecule has 0 aliphatic carbocycles. The largest absolute Gasteiger partial charge is 0.386 e. The third-order valence-corrected chi connectivity index (χ3v) is 3.09. The van der Waals surface area contributed by atoms with E-state index < -0.39 is 6.10 Å².